The predicted octanol–water partition coefficient (Wildman–Crippen LogP) is 2.58. The van der Waals surface area contributed by atoms with Gasteiger partial charge >= 0.3 is 12.1 Å². The molecule has 0 saturated heterocycles. The number of hydrogen-bond acceptors (Lipinski definition) is 7. The van der Waals surface area contributed by atoms with Gasteiger partial charge in [-0.15, -0.1) is 20.4 Å². The summed E-state index contributed by atoms with van der Waals surface area (Å²) in [6, 6.07) is 5.93. The lowest BCUT2D eigenvalue weighted by molar-refractivity contribution is -0.139. The highest BCUT2D eigenvalue weighted by molar-refractivity contribution is 5.80. The summed E-state index contributed by atoms with van der Waals surface area (Å²) in [7, 11) is 0. The second-order valence-corrected chi connectivity index (χ2v) is 7.68. The lowest BCUT2D eigenvalue weighted by Crippen LogP contribution is -2.44. The molecule has 1 amide bonds. The van der Waals surface area contributed by atoms with Crippen molar-refractivity contribution in [2.45, 2.75) is 58.6 Å². The Bertz CT molecular complexity index is 831. The van der Waals surface area contributed by atoms with Crippen LogP contribution in [0.3, 0.4) is 0 Å². The molecule has 1 aromatic heterocycles. The summed E-state index contributed by atoms with van der Waals surface area (Å²) in [4.78, 5) is 23.5. The first-order valence-electron chi connectivity index (χ1n) is 8.94. The third-order valence-electron chi connectivity index (χ3n) is 3.62. The van der Waals surface area contributed by atoms with E-state index < -0.39 is 23.7 Å². The van der Waals surface area contributed by atoms with Crippen molar-refractivity contribution in [1.29, 1.82) is 0 Å². The number of carbonyl (C=O) groups is 2. The van der Waals surface area contributed by atoms with E-state index in [0.717, 1.165) is 0 Å². The number of hydrogen-bond donors (Lipinski definition) is 2. The van der Waals surface area contributed by atoms with Gasteiger partial charge in [0.15, 0.2) is 5.82 Å². The standard InChI is InChI=1S/C19H25N5O4/c1-11(2)15-21-23-16(24-22-15)13-8-6-7-12(9-13)10-14(17(25)26)20-18(27)28-19(3,4)5/h6-9,11,14H,10H2,1-5H3,(H,20,27)(H,25,26). The van der Waals surface area contributed by atoms with Crippen LogP contribution in [0.2, 0.25) is 0 Å². The normalized spacial score (nSPS) is 12.5. The van der Waals surface area contributed by atoms with Gasteiger partial charge < -0.3 is 15.2 Å². The van der Waals surface area contributed by atoms with E-state index in [1.807, 2.05) is 13.8 Å². The number of benzene rings is 1. The Kier molecular flexibility index (Phi) is 6.61. The molecule has 1 aromatic carbocycles. The van der Waals surface area contributed by atoms with Gasteiger partial charge in [0.2, 0.25) is 5.82 Å². The lowest BCUT2D eigenvalue weighted by Gasteiger charge is -2.22. The highest BCUT2D eigenvalue weighted by Crippen LogP contribution is 2.17. The summed E-state index contributed by atoms with van der Waals surface area (Å²) < 4.78 is 5.13. The molecule has 0 aliphatic rings. The number of carboxylic acids is 1. The first-order chi connectivity index (χ1) is 13.0. The molecular formula is C19H25N5O4. The van der Waals surface area contributed by atoms with Crippen LogP contribution < -0.4 is 5.32 Å². The quantitative estimate of drug-likeness (QED) is 0.774. The van der Waals surface area contributed by atoms with Crippen LogP contribution in [0.5, 0.6) is 0 Å². The first-order valence-corrected chi connectivity index (χ1v) is 8.94. The van der Waals surface area contributed by atoms with Crippen LogP contribution >= 0.6 is 0 Å². The molecule has 1 heterocycles. The molecule has 0 aliphatic heterocycles. The minimum absolute atomic E-state index is 0.0767. The molecule has 2 N–H and O–H groups in total. The van der Waals surface area contributed by atoms with Crippen molar-refractivity contribution in [2.24, 2.45) is 0 Å². The van der Waals surface area contributed by atoms with Gasteiger partial charge in [-0.05, 0) is 32.4 Å². The zero-order chi connectivity index (χ0) is 20.9. The molecular weight excluding hydrogens is 362 g/mol. The summed E-state index contributed by atoms with van der Waals surface area (Å²) in [6.45, 7) is 9.01. The smallest absolute Gasteiger partial charge is 0.408 e. The Balaban J connectivity index is 2.15. The van der Waals surface area contributed by atoms with Gasteiger partial charge in [0.05, 0.1) is 0 Å². The predicted molar refractivity (Wildman–Crippen MR) is 102 cm³/mol. The number of carboxylic acid groups (broad SMARTS) is 1. The van der Waals surface area contributed by atoms with Crippen molar-refractivity contribution in [1.82, 2.24) is 25.7 Å². The van der Waals surface area contributed by atoms with Gasteiger partial charge in [-0.3, -0.25) is 0 Å². The number of aromatic nitrogens is 4. The highest BCUT2D eigenvalue weighted by atomic mass is 16.6. The van der Waals surface area contributed by atoms with Crippen LogP contribution in [0.25, 0.3) is 11.4 Å². The molecule has 150 valence electrons. The minimum Gasteiger partial charge on any atom is -0.480 e. The molecule has 9 heteroatoms. The Morgan fingerprint density at radius 2 is 1.79 bits per heavy atom. The summed E-state index contributed by atoms with van der Waals surface area (Å²) in [5.74, 6) is -0.140. The number of alkyl carbamates (subject to hydrolysis) is 1. The maximum atomic E-state index is 11.9. The van der Waals surface area contributed by atoms with E-state index in [-0.39, 0.29) is 12.3 Å². The summed E-state index contributed by atoms with van der Waals surface area (Å²) in [6.07, 6.45) is -0.704. The van der Waals surface area contributed by atoms with Crippen molar-refractivity contribution in [3.63, 3.8) is 0 Å². The average molecular weight is 387 g/mol. The number of ether oxygens (including phenoxy) is 1. The first kappa shape index (κ1) is 21.2. The molecule has 0 fully saturated rings. The van der Waals surface area contributed by atoms with Crippen LogP contribution in [0.15, 0.2) is 24.3 Å². The molecule has 0 aliphatic carbocycles. The second-order valence-electron chi connectivity index (χ2n) is 7.68. The molecule has 0 radical (unpaired) electrons. The van der Waals surface area contributed by atoms with Gasteiger partial charge in [-0.25, -0.2) is 9.59 Å². The minimum atomic E-state index is -1.16. The molecule has 1 unspecified atom stereocenters. The Morgan fingerprint density at radius 1 is 1.14 bits per heavy atom. The lowest BCUT2D eigenvalue weighted by atomic mass is 10.0. The van der Waals surface area contributed by atoms with E-state index in [1.54, 1.807) is 45.0 Å². The summed E-state index contributed by atoms with van der Waals surface area (Å²) in [5, 5.41) is 28.1. The molecule has 2 aromatic rings. The fourth-order valence-electron chi connectivity index (χ4n) is 2.31. The van der Waals surface area contributed by atoms with Crippen molar-refractivity contribution in [3.05, 3.63) is 35.7 Å². The van der Waals surface area contributed by atoms with E-state index in [2.05, 4.69) is 25.7 Å². The van der Waals surface area contributed by atoms with Gasteiger partial charge in [0.25, 0.3) is 0 Å². The van der Waals surface area contributed by atoms with E-state index in [0.29, 0.717) is 22.8 Å². The molecule has 0 bridgehead atoms. The van der Waals surface area contributed by atoms with Crippen LogP contribution in [-0.2, 0) is 16.0 Å². The van der Waals surface area contributed by atoms with Crippen molar-refractivity contribution in [2.75, 3.05) is 0 Å². The number of rotatable bonds is 6. The van der Waals surface area contributed by atoms with Gasteiger partial charge in [-0.2, -0.15) is 0 Å². The maximum Gasteiger partial charge on any atom is 0.408 e. The number of nitrogens with zero attached hydrogens (tertiary/aromatic N) is 4. The Hall–Kier alpha value is -3.10. The highest BCUT2D eigenvalue weighted by Gasteiger charge is 2.24. The fourth-order valence-corrected chi connectivity index (χ4v) is 2.31. The zero-order valence-corrected chi connectivity index (χ0v) is 16.6. The molecule has 2 rings (SSSR count). The molecule has 0 saturated carbocycles. The second kappa shape index (κ2) is 8.73. The maximum absolute atomic E-state index is 11.9. The average Bonchev–Trinajstić information content (AvgIpc) is 2.60. The Morgan fingerprint density at radius 3 is 2.32 bits per heavy atom. The zero-order valence-electron chi connectivity index (χ0n) is 16.6. The van der Waals surface area contributed by atoms with Gasteiger partial charge in [-0.1, -0.05) is 32.0 Å². The molecule has 28 heavy (non-hydrogen) atoms. The number of carbonyl (C=O) groups excluding carboxylic acids is 1. The van der Waals surface area contributed by atoms with Gasteiger partial charge in [0.1, 0.15) is 11.6 Å². The van der Waals surface area contributed by atoms with Crippen molar-refractivity contribution >= 4 is 12.1 Å². The third-order valence-corrected chi connectivity index (χ3v) is 3.62. The number of amides is 1. The SMILES string of the molecule is CC(C)c1nnc(-c2cccc(CC(NC(=O)OC(C)(C)C)C(=O)O)c2)nn1. The van der Waals surface area contributed by atoms with Crippen molar-refractivity contribution in [3.8, 4) is 11.4 Å². The summed E-state index contributed by atoms with van der Waals surface area (Å²) in [5.41, 5.74) is 0.638. The van der Waals surface area contributed by atoms with E-state index in [9.17, 15) is 14.7 Å². The number of nitrogens with one attached hydrogen (secondary N) is 1. The largest absolute Gasteiger partial charge is 0.480 e. The monoisotopic (exact) mass is 387 g/mol. The summed E-state index contributed by atoms with van der Waals surface area (Å²) >= 11 is 0. The topological polar surface area (TPSA) is 127 Å². The van der Waals surface area contributed by atoms with Crippen LogP contribution in [0.4, 0.5) is 4.79 Å². The van der Waals surface area contributed by atoms with E-state index in [1.165, 1.54) is 0 Å². The van der Waals surface area contributed by atoms with E-state index in [4.69, 9.17) is 4.74 Å². The van der Waals surface area contributed by atoms with E-state index >= 15 is 0 Å². The molecule has 1 atom stereocenters. The van der Waals surface area contributed by atoms with Gasteiger partial charge in [0, 0.05) is 17.9 Å². The van der Waals surface area contributed by atoms with Crippen LogP contribution in [0.1, 0.15) is 51.9 Å². The van der Waals surface area contributed by atoms with Crippen LogP contribution in [0, 0.1) is 0 Å². The van der Waals surface area contributed by atoms with Crippen molar-refractivity contribution < 1.29 is 19.4 Å². The third kappa shape index (κ3) is 6.26. The molecule has 0 spiro atoms. The fraction of sp³-hybridized carbons (Fsp3) is 0.474. The Labute approximate surface area is 163 Å². The number of aliphatic carboxylic acids is 1. The van der Waals surface area contributed by atoms with Crippen LogP contribution in [-0.4, -0.2) is 49.2 Å². The molecule has 9 nitrogen and oxygen atoms in total.